The van der Waals surface area contributed by atoms with Gasteiger partial charge in [-0.1, -0.05) is 6.42 Å². The van der Waals surface area contributed by atoms with Crippen LogP contribution in [0.2, 0.25) is 0 Å². The van der Waals surface area contributed by atoms with Crippen molar-refractivity contribution in [2.75, 3.05) is 18.5 Å². The van der Waals surface area contributed by atoms with Crippen molar-refractivity contribution in [1.82, 2.24) is 20.1 Å². The molecular weight excluding hydrogens is 346 g/mol. The van der Waals surface area contributed by atoms with Crippen LogP contribution in [0, 0.1) is 0 Å². The molecule has 1 aromatic carbocycles. The molecule has 0 saturated heterocycles. The Morgan fingerprint density at radius 3 is 2.74 bits per heavy atom. The van der Waals surface area contributed by atoms with Crippen LogP contribution in [0.5, 0.6) is 0 Å². The lowest BCUT2D eigenvalue weighted by molar-refractivity contribution is 0.0526. The van der Waals surface area contributed by atoms with E-state index in [4.69, 9.17) is 4.74 Å². The lowest BCUT2D eigenvalue weighted by atomic mass is 10.2. The molecule has 8 heteroatoms. The van der Waals surface area contributed by atoms with Crippen LogP contribution in [0.15, 0.2) is 24.3 Å². The SMILES string of the molecule is CCOC(=O)c1ccc(NC(=O)NCCc2nnc3n2CCCCC3)cc1. The zero-order chi connectivity index (χ0) is 19.1. The number of amides is 2. The largest absolute Gasteiger partial charge is 0.462 e. The van der Waals surface area contributed by atoms with Crippen molar-refractivity contribution in [2.45, 2.75) is 45.6 Å². The van der Waals surface area contributed by atoms with Gasteiger partial charge in [0.25, 0.3) is 0 Å². The van der Waals surface area contributed by atoms with Crippen LogP contribution in [0.1, 0.15) is 48.2 Å². The summed E-state index contributed by atoms with van der Waals surface area (Å²) in [6.45, 7) is 3.52. The van der Waals surface area contributed by atoms with E-state index in [-0.39, 0.29) is 12.0 Å². The van der Waals surface area contributed by atoms with Gasteiger partial charge in [0.05, 0.1) is 12.2 Å². The molecular formula is C19H25N5O3. The first kappa shape index (κ1) is 18.9. The lowest BCUT2D eigenvalue weighted by Crippen LogP contribution is -2.31. The van der Waals surface area contributed by atoms with E-state index < -0.39 is 0 Å². The fourth-order valence-electron chi connectivity index (χ4n) is 3.10. The number of ether oxygens (including phenoxy) is 1. The summed E-state index contributed by atoms with van der Waals surface area (Å²) in [6, 6.07) is 6.29. The van der Waals surface area contributed by atoms with Gasteiger partial charge in [-0.3, -0.25) is 0 Å². The first-order chi connectivity index (χ1) is 13.2. The molecule has 0 radical (unpaired) electrons. The number of urea groups is 1. The van der Waals surface area contributed by atoms with E-state index in [1.807, 2.05) is 0 Å². The van der Waals surface area contributed by atoms with Crippen LogP contribution in [0.25, 0.3) is 0 Å². The van der Waals surface area contributed by atoms with Gasteiger partial charge in [0.15, 0.2) is 0 Å². The molecule has 2 N–H and O–H groups in total. The van der Waals surface area contributed by atoms with Gasteiger partial charge < -0.3 is 19.9 Å². The van der Waals surface area contributed by atoms with Gasteiger partial charge in [0.2, 0.25) is 0 Å². The van der Waals surface area contributed by atoms with E-state index in [2.05, 4.69) is 25.4 Å². The minimum atomic E-state index is -0.374. The Labute approximate surface area is 158 Å². The van der Waals surface area contributed by atoms with Gasteiger partial charge in [-0.2, -0.15) is 0 Å². The number of hydrogen-bond donors (Lipinski definition) is 2. The molecule has 2 heterocycles. The van der Waals surface area contributed by atoms with Crippen LogP contribution in [0.4, 0.5) is 10.5 Å². The maximum absolute atomic E-state index is 12.0. The quantitative estimate of drug-likeness (QED) is 0.761. The Hall–Kier alpha value is -2.90. The summed E-state index contributed by atoms with van der Waals surface area (Å²) >= 11 is 0. The number of esters is 1. The topological polar surface area (TPSA) is 98.1 Å². The maximum Gasteiger partial charge on any atom is 0.338 e. The number of nitrogens with zero attached hydrogens (tertiary/aromatic N) is 3. The van der Waals surface area contributed by atoms with Gasteiger partial charge in [0.1, 0.15) is 11.6 Å². The van der Waals surface area contributed by atoms with Crippen molar-refractivity contribution in [1.29, 1.82) is 0 Å². The van der Waals surface area contributed by atoms with E-state index in [9.17, 15) is 9.59 Å². The summed E-state index contributed by atoms with van der Waals surface area (Å²) in [4.78, 5) is 23.7. The first-order valence-corrected chi connectivity index (χ1v) is 9.40. The van der Waals surface area contributed by atoms with Gasteiger partial charge >= 0.3 is 12.0 Å². The second kappa shape index (κ2) is 9.16. The number of rotatable bonds is 6. The fourth-order valence-corrected chi connectivity index (χ4v) is 3.10. The number of nitrogens with one attached hydrogen (secondary N) is 2. The van der Waals surface area contributed by atoms with Gasteiger partial charge in [0, 0.05) is 31.6 Å². The van der Waals surface area contributed by atoms with E-state index in [0.29, 0.717) is 30.8 Å². The molecule has 1 aromatic heterocycles. The molecule has 8 nitrogen and oxygen atoms in total. The third kappa shape index (κ3) is 5.06. The Kier molecular flexibility index (Phi) is 6.40. The summed E-state index contributed by atoms with van der Waals surface area (Å²) in [7, 11) is 0. The number of carbonyl (C=O) groups is 2. The van der Waals surface area contributed by atoms with Crippen LogP contribution in [-0.4, -0.2) is 39.9 Å². The van der Waals surface area contributed by atoms with Crippen LogP contribution in [-0.2, 0) is 24.1 Å². The van der Waals surface area contributed by atoms with Gasteiger partial charge in [-0.25, -0.2) is 9.59 Å². The van der Waals surface area contributed by atoms with E-state index in [1.165, 1.54) is 6.42 Å². The van der Waals surface area contributed by atoms with Crippen LogP contribution in [0.3, 0.4) is 0 Å². The van der Waals surface area contributed by atoms with Gasteiger partial charge in [-0.05, 0) is 44.0 Å². The molecule has 0 fully saturated rings. The van der Waals surface area contributed by atoms with Crippen molar-refractivity contribution in [3.05, 3.63) is 41.5 Å². The van der Waals surface area contributed by atoms with Crippen molar-refractivity contribution < 1.29 is 14.3 Å². The summed E-state index contributed by atoms with van der Waals surface area (Å²) in [5, 5.41) is 14.1. The highest BCUT2D eigenvalue weighted by atomic mass is 16.5. The molecule has 0 unspecified atom stereocenters. The van der Waals surface area contributed by atoms with Crippen LogP contribution >= 0.6 is 0 Å². The Morgan fingerprint density at radius 2 is 1.96 bits per heavy atom. The van der Waals surface area contributed by atoms with Crippen LogP contribution < -0.4 is 10.6 Å². The molecule has 0 aliphatic carbocycles. The number of aromatic nitrogens is 3. The standard InChI is InChI=1S/C19H25N5O3/c1-2-27-18(25)14-7-9-15(10-8-14)21-19(26)20-12-11-17-23-22-16-6-4-3-5-13-24(16)17/h7-10H,2-6,11-13H2,1H3,(H2,20,21,26). The molecule has 0 saturated carbocycles. The highest BCUT2D eigenvalue weighted by molar-refractivity contribution is 5.92. The molecule has 3 rings (SSSR count). The molecule has 0 bridgehead atoms. The zero-order valence-corrected chi connectivity index (χ0v) is 15.5. The number of aryl methyl sites for hydroxylation is 1. The monoisotopic (exact) mass is 371 g/mol. The van der Waals surface area contributed by atoms with Gasteiger partial charge in [-0.15, -0.1) is 10.2 Å². The highest BCUT2D eigenvalue weighted by Gasteiger charge is 2.14. The second-order valence-corrected chi connectivity index (χ2v) is 6.42. The summed E-state index contributed by atoms with van der Waals surface area (Å²) in [5.41, 5.74) is 1.06. The lowest BCUT2D eigenvalue weighted by Gasteiger charge is -2.09. The molecule has 0 spiro atoms. The number of benzene rings is 1. The van der Waals surface area contributed by atoms with E-state index >= 15 is 0 Å². The van der Waals surface area contributed by atoms with E-state index in [1.54, 1.807) is 31.2 Å². The normalized spacial score (nSPS) is 13.4. The number of carbonyl (C=O) groups excluding carboxylic acids is 2. The smallest absolute Gasteiger partial charge is 0.338 e. The minimum Gasteiger partial charge on any atom is -0.462 e. The molecule has 27 heavy (non-hydrogen) atoms. The molecule has 1 aliphatic heterocycles. The molecule has 2 amide bonds. The third-order valence-electron chi connectivity index (χ3n) is 4.47. The second-order valence-electron chi connectivity index (χ2n) is 6.42. The summed E-state index contributed by atoms with van der Waals surface area (Å²) < 4.78 is 7.11. The number of anilines is 1. The molecule has 2 aromatic rings. The Morgan fingerprint density at radius 1 is 1.15 bits per heavy atom. The fraction of sp³-hybridized carbons (Fsp3) is 0.474. The first-order valence-electron chi connectivity index (χ1n) is 9.40. The summed E-state index contributed by atoms with van der Waals surface area (Å²) in [6.07, 6.45) is 5.14. The minimum absolute atomic E-state index is 0.297. The Balaban J connectivity index is 1.46. The van der Waals surface area contributed by atoms with Crippen molar-refractivity contribution in [2.24, 2.45) is 0 Å². The average molecular weight is 371 g/mol. The average Bonchev–Trinajstić information content (AvgIpc) is 2.89. The predicted molar refractivity (Wildman–Crippen MR) is 101 cm³/mol. The predicted octanol–water partition coefficient (Wildman–Crippen LogP) is 2.55. The van der Waals surface area contributed by atoms with E-state index in [0.717, 1.165) is 37.5 Å². The number of fused-ring (bicyclic) bond motifs is 1. The van der Waals surface area contributed by atoms with Crippen molar-refractivity contribution in [3.63, 3.8) is 0 Å². The number of hydrogen-bond acceptors (Lipinski definition) is 5. The van der Waals surface area contributed by atoms with Crippen molar-refractivity contribution in [3.8, 4) is 0 Å². The molecule has 0 atom stereocenters. The van der Waals surface area contributed by atoms with Crippen molar-refractivity contribution >= 4 is 17.7 Å². The molecule has 144 valence electrons. The zero-order valence-electron chi connectivity index (χ0n) is 15.5. The maximum atomic E-state index is 12.0. The highest BCUT2D eigenvalue weighted by Crippen LogP contribution is 2.14. The third-order valence-corrected chi connectivity index (χ3v) is 4.47. The summed E-state index contributed by atoms with van der Waals surface area (Å²) in [5.74, 6) is 1.60. The molecule has 1 aliphatic rings. The Bertz CT molecular complexity index is 785.